The summed E-state index contributed by atoms with van der Waals surface area (Å²) < 4.78 is 16.8. The zero-order valence-electron chi connectivity index (χ0n) is 42.4. The number of hydrogen-bond acceptors (Lipinski definition) is 6. The van der Waals surface area contributed by atoms with E-state index in [9.17, 15) is 14.4 Å². The molecule has 1 atom stereocenters. The fourth-order valence-electron chi connectivity index (χ4n) is 8.18. The molecule has 0 fully saturated rings. The molecule has 0 heterocycles. The number of esters is 3. The van der Waals surface area contributed by atoms with Crippen LogP contribution >= 0.6 is 0 Å². The van der Waals surface area contributed by atoms with Gasteiger partial charge in [-0.15, -0.1) is 0 Å². The van der Waals surface area contributed by atoms with Crippen molar-refractivity contribution in [3.8, 4) is 0 Å². The molecular weight excluding hydrogens is 781 g/mol. The van der Waals surface area contributed by atoms with Crippen molar-refractivity contribution in [1.82, 2.24) is 0 Å². The van der Waals surface area contributed by atoms with E-state index in [2.05, 4.69) is 45.1 Å². The first-order valence-electron chi connectivity index (χ1n) is 27.8. The minimum absolute atomic E-state index is 0.0732. The largest absolute Gasteiger partial charge is 0.462 e. The number of unbranched alkanes of at least 4 members (excludes halogenated alkanes) is 36. The molecular formula is C57H106O6. The van der Waals surface area contributed by atoms with Crippen LogP contribution in [0.5, 0.6) is 0 Å². The number of carbonyl (C=O) groups is 3. The van der Waals surface area contributed by atoms with Gasteiger partial charge in [-0.05, 0) is 64.2 Å². The van der Waals surface area contributed by atoms with Gasteiger partial charge in [0.25, 0.3) is 0 Å². The maximum Gasteiger partial charge on any atom is 0.306 e. The zero-order valence-corrected chi connectivity index (χ0v) is 42.4. The Kier molecular flexibility index (Phi) is 50.8. The van der Waals surface area contributed by atoms with Crippen molar-refractivity contribution < 1.29 is 28.6 Å². The van der Waals surface area contributed by atoms with Gasteiger partial charge >= 0.3 is 17.9 Å². The Bertz CT molecular complexity index is 1020. The molecule has 0 saturated carbocycles. The van der Waals surface area contributed by atoms with E-state index in [0.717, 1.165) is 70.6 Å². The first-order chi connectivity index (χ1) is 31.0. The predicted octanol–water partition coefficient (Wildman–Crippen LogP) is 18.3. The Hall–Kier alpha value is -2.11. The number of ether oxygens (including phenoxy) is 3. The van der Waals surface area contributed by atoms with Crippen LogP contribution in [0.25, 0.3) is 0 Å². The molecule has 0 aliphatic rings. The van der Waals surface area contributed by atoms with Crippen molar-refractivity contribution in [2.24, 2.45) is 0 Å². The quantitative estimate of drug-likeness (QED) is 0.0262. The molecule has 0 aromatic carbocycles. The summed E-state index contributed by atoms with van der Waals surface area (Å²) in [6, 6.07) is 0. The van der Waals surface area contributed by atoms with E-state index in [1.807, 2.05) is 0 Å². The van der Waals surface area contributed by atoms with Crippen LogP contribution in [0.15, 0.2) is 24.3 Å². The minimum atomic E-state index is -0.774. The van der Waals surface area contributed by atoms with Crippen molar-refractivity contribution in [2.45, 2.75) is 309 Å². The highest BCUT2D eigenvalue weighted by Crippen LogP contribution is 2.16. The molecule has 63 heavy (non-hydrogen) atoms. The zero-order chi connectivity index (χ0) is 45.8. The van der Waals surface area contributed by atoms with Crippen LogP contribution in [0.4, 0.5) is 0 Å². The van der Waals surface area contributed by atoms with Crippen LogP contribution < -0.4 is 0 Å². The maximum atomic E-state index is 12.8. The SMILES string of the molecule is CCCC/C=C\CCCCCCCC(=O)OC[C@H](COC(=O)CCCCCCCCCCCCCCCCCCCCC)OC(=O)CCCCCCC/C=C\CCCCCCCC. The normalized spacial score (nSPS) is 12.1. The summed E-state index contributed by atoms with van der Waals surface area (Å²) in [6.45, 7) is 6.62. The molecule has 0 saturated heterocycles. The molecule has 6 heteroatoms. The van der Waals surface area contributed by atoms with Gasteiger partial charge in [-0.2, -0.15) is 0 Å². The molecule has 0 aliphatic carbocycles. The predicted molar refractivity (Wildman–Crippen MR) is 270 cm³/mol. The fourth-order valence-corrected chi connectivity index (χ4v) is 8.18. The van der Waals surface area contributed by atoms with E-state index in [4.69, 9.17) is 14.2 Å². The molecule has 0 amide bonds. The van der Waals surface area contributed by atoms with Crippen LogP contribution in [0.2, 0.25) is 0 Å². The lowest BCUT2D eigenvalue weighted by atomic mass is 10.0. The van der Waals surface area contributed by atoms with Gasteiger partial charge in [0.15, 0.2) is 6.10 Å². The summed E-state index contributed by atoms with van der Waals surface area (Å²) >= 11 is 0. The molecule has 6 nitrogen and oxygen atoms in total. The van der Waals surface area contributed by atoms with Gasteiger partial charge in [0.2, 0.25) is 0 Å². The summed E-state index contributed by atoms with van der Waals surface area (Å²) in [5.74, 6) is -0.876. The third-order valence-electron chi connectivity index (χ3n) is 12.4. The molecule has 0 rings (SSSR count). The van der Waals surface area contributed by atoms with Gasteiger partial charge in [0, 0.05) is 19.3 Å². The third kappa shape index (κ3) is 50.7. The molecule has 0 radical (unpaired) electrons. The van der Waals surface area contributed by atoms with E-state index in [-0.39, 0.29) is 31.1 Å². The van der Waals surface area contributed by atoms with Gasteiger partial charge in [-0.25, -0.2) is 0 Å². The van der Waals surface area contributed by atoms with Crippen molar-refractivity contribution >= 4 is 17.9 Å². The molecule has 0 N–H and O–H groups in total. The molecule has 370 valence electrons. The Morgan fingerprint density at radius 3 is 0.841 bits per heavy atom. The lowest BCUT2D eigenvalue weighted by Gasteiger charge is -2.18. The molecule has 0 aromatic heterocycles. The van der Waals surface area contributed by atoms with Gasteiger partial charge in [-0.1, -0.05) is 244 Å². The van der Waals surface area contributed by atoms with Crippen molar-refractivity contribution in [3.05, 3.63) is 24.3 Å². The second-order valence-corrected chi connectivity index (χ2v) is 18.8. The van der Waals surface area contributed by atoms with Crippen LogP contribution in [0.3, 0.4) is 0 Å². The molecule has 0 unspecified atom stereocenters. The van der Waals surface area contributed by atoms with Crippen molar-refractivity contribution in [3.63, 3.8) is 0 Å². The highest BCUT2D eigenvalue weighted by Gasteiger charge is 2.19. The minimum Gasteiger partial charge on any atom is -0.462 e. The number of allylic oxidation sites excluding steroid dienone is 4. The standard InChI is InChI=1S/C57H106O6/c1-4-7-10-13-16-19-22-24-26-27-28-29-31-32-35-38-41-44-47-50-56(59)62-53-54(52-61-55(58)49-46-43-40-37-34-21-18-15-12-9-6-3)63-57(60)51-48-45-42-39-36-33-30-25-23-20-17-14-11-8-5-2/h15,18,25,30,54H,4-14,16-17,19-24,26-29,31-53H2,1-3H3/b18-15-,30-25-/t54-/m1/s1. The van der Waals surface area contributed by atoms with Crippen LogP contribution in [0, 0.1) is 0 Å². The second kappa shape index (κ2) is 52.5. The smallest absolute Gasteiger partial charge is 0.306 e. The molecule has 0 aromatic rings. The summed E-state index contributed by atoms with van der Waals surface area (Å²) in [7, 11) is 0. The topological polar surface area (TPSA) is 78.9 Å². The van der Waals surface area contributed by atoms with Gasteiger partial charge in [-0.3, -0.25) is 14.4 Å². The van der Waals surface area contributed by atoms with E-state index >= 15 is 0 Å². The average Bonchev–Trinajstić information content (AvgIpc) is 3.28. The van der Waals surface area contributed by atoms with Crippen LogP contribution in [0.1, 0.15) is 303 Å². The Morgan fingerprint density at radius 2 is 0.540 bits per heavy atom. The Morgan fingerprint density at radius 1 is 0.302 bits per heavy atom. The third-order valence-corrected chi connectivity index (χ3v) is 12.4. The summed E-state index contributed by atoms with van der Waals surface area (Å²) in [4.78, 5) is 38.0. The molecule has 0 bridgehead atoms. The molecule has 0 spiro atoms. The van der Waals surface area contributed by atoms with Gasteiger partial charge < -0.3 is 14.2 Å². The first kappa shape index (κ1) is 60.9. The Balaban J connectivity index is 4.29. The van der Waals surface area contributed by atoms with Crippen molar-refractivity contribution in [1.29, 1.82) is 0 Å². The highest BCUT2D eigenvalue weighted by atomic mass is 16.6. The van der Waals surface area contributed by atoms with Gasteiger partial charge in [0.05, 0.1) is 0 Å². The average molecular weight is 887 g/mol. The molecule has 0 aliphatic heterocycles. The second-order valence-electron chi connectivity index (χ2n) is 18.8. The summed E-state index contributed by atoms with van der Waals surface area (Å²) in [5.41, 5.74) is 0. The highest BCUT2D eigenvalue weighted by molar-refractivity contribution is 5.71. The van der Waals surface area contributed by atoms with E-state index in [1.165, 1.54) is 193 Å². The number of hydrogen-bond donors (Lipinski definition) is 0. The lowest BCUT2D eigenvalue weighted by Crippen LogP contribution is -2.30. The van der Waals surface area contributed by atoms with Crippen LogP contribution in [-0.4, -0.2) is 37.2 Å². The fraction of sp³-hybridized carbons (Fsp3) is 0.877. The number of carbonyl (C=O) groups excluding carboxylic acids is 3. The first-order valence-corrected chi connectivity index (χ1v) is 27.8. The van der Waals surface area contributed by atoms with E-state index in [1.54, 1.807) is 0 Å². The van der Waals surface area contributed by atoms with E-state index < -0.39 is 6.10 Å². The van der Waals surface area contributed by atoms with Gasteiger partial charge in [0.1, 0.15) is 13.2 Å². The number of rotatable bonds is 51. The lowest BCUT2D eigenvalue weighted by molar-refractivity contribution is -0.167. The maximum absolute atomic E-state index is 12.8. The summed E-state index contributed by atoms with van der Waals surface area (Å²) in [6.07, 6.45) is 60.3. The monoisotopic (exact) mass is 887 g/mol. The van der Waals surface area contributed by atoms with E-state index in [0.29, 0.717) is 19.3 Å². The van der Waals surface area contributed by atoms with Crippen molar-refractivity contribution in [2.75, 3.05) is 13.2 Å². The Labute approximate surface area is 392 Å². The van der Waals surface area contributed by atoms with Crippen LogP contribution in [-0.2, 0) is 28.6 Å². The summed E-state index contributed by atoms with van der Waals surface area (Å²) in [5, 5.41) is 0.